The highest BCUT2D eigenvalue weighted by atomic mass is 32.2. The third kappa shape index (κ3) is 6.98. The van der Waals surface area contributed by atoms with E-state index in [4.69, 9.17) is 0 Å². The topological polar surface area (TPSA) is 86.8 Å². The van der Waals surface area contributed by atoms with Crippen molar-refractivity contribution in [2.75, 3.05) is 17.4 Å². The lowest BCUT2D eigenvalue weighted by Gasteiger charge is -2.32. The van der Waals surface area contributed by atoms with Crippen LogP contribution in [0.15, 0.2) is 83.8 Å². The lowest BCUT2D eigenvalue weighted by molar-refractivity contribution is -0.139. The lowest BCUT2D eigenvalue weighted by atomic mass is 10.1. The summed E-state index contributed by atoms with van der Waals surface area (Å²) >= 11 is 0. The van der Waals surface area contributed by atoms with E-state index in [0.717, 1.165) is 27.4 Å². The summed E-state index contributed by atoms with van der Waals surface area (Å²) in [5.41, 5.74) is 2.87. The van der Waals surface area contributed by atoms with Gasteiger partial charge in [0.1, 0.15) is 12.6 Å². The highest BCUT2D eigenvalue weighted by Crippen LogP contribution is 2.28. The largest absolute Gasteiger partial charge is 0.354 e. The van der Waals surface area contributed by atoms with Gasteiger partial charge in [0.2, 0.25) is 11.8 Å². The average molecular weight is 522 g/mol. The molecule has 0 aromatic heterocycles. The lowest BCUT2D eigenvalue weighted by Crippen LogP contribution is -2.51. The molecule has 7 nitrogen and oxygen atoms in total. The average Bonchev–Trinajstić information content (AvgIpc) is 2.91. The first kappa shape index (κ1) is 27.9. The Bertz CT molecular complexity index is 1310. The van der Waals surface area contributed by atoms with Crippen molar-refractivity contribution >= 4 is 27.5 Å². The second-order valence-corrected chi connectivity index (χ2v) is 11.0. The van der Waals surface area contributed by atoms with E-state index in [-0.39, 0.29) is 17.3 Å². The van der Waals surface area contributed by atoms with Crippen molar-refractivity contribution in [1.29, 1.82) is 0 Å². The predicted octanol–water partition coefficient (Wildman–Crippen LogP) is 4.44. The first-order chi connectivity index (χ1) is 17.6. The number of aryl methyl sites for hydroxylation is 2. The maximum Gasteiger partial charge on any atom is 0.264 e. The first-order valence-electron chi connectivity index (χ1n) is 12.4. The fourth-order valence-corrected chi connectivity index (χ4v) is 5.47. The van der Waals surface area contributed by atoms with Crippen LogP contribution in [0.2, 0.25) is 0 Å². The van der Waals surface area contributed by atoms with Crippen molar-refractivity contribution in [2.45, 2.75) is 51.6 Å². The maximum atomic E-state index is 13.9. The zero-order valence-corrected chi connectivity index (χ0v) is 22.7. The van der Waals surface area contributed by atoms with Gasteiger partial charge in [0.15, 0.2) is 0 Å². The van der Waals surface area contributed by atoms with Gasteiger partial charge >= 0.3 is 0 Å². The molecule has 0 bridgehead atoms. The van der Waals surface area contributed by atoms with Gasteiger partial charge < -0.3 is 10.2 Å². The second kappa shape index (κ2) is 12.5. The molecule has 3 aromatic rings. The Morgan fingerprint density at radius 1 is 0.919 bits per heavy atom. The van der Waals surface area contributed by atoms with Gasteiger partial charge in [0, 0.05) is 13.1 Å². The SMILES string of the molecule is CCCNC(=O)[C@H](C)N(Cc1ccccc1)C(=O)CN(c1cc(C)ccc1C)S(=O)(=O)c1ccccc1. The minimum absolute atomic E-state index is 0.0899. The Labute approximate surface area is 220 Å². The standard InChI is InChI=1S/C29H35N3O4S/c1-5-18-30-29(34)24(4)31(20-25-12-8-6-9-13-25)28(33)21-32(27-19-22(2)16-17-23(27)3)37(35,36)26-14-10-7-11-15-26/h6-17,19,24H,5,18,20-21H2,1-4H3,(H,30,34)/t24-/m0/s1. The summed E-state index contributed by atoms with van der Waals surface area (Å²) in [4.78, 5) is 28.3. The zero-order chi connectivity index (χ0) is 27.0. The number of hydrogen-bond acceptors (Lipinski definition) is 4. The highest BCUT2D eigenvalue weighted by Gasteiger charge is 2.33. The summed E-state index contributed by atoms with van der Waals surface area (Å²) in [6.07, 6.45) is 0.765. The number of nitrogens with zero attached hydrogens (tertiary/aromatic N) is 2. The van der Waals surface area contributed by atoms with E-state index in [0.29, 0.717) is 12.2 Å². The van der Waals surface area contributed by atoms with Crippen LogP contribution in [0.5, 0.6) is 0 Å². The number of rotatable bonds is 11. The van der Waals surface area contributed by atoms with Gasteiger partial charge in [-0.3, -0.25) is 13.9 Å². The molecule has 0 aliphatic heterocycles. The summed E-state index contributed by atoms with van der Waals surface area (Å²) in [6.45, 7) is 7.53. The monoisotopic (exact) mass is 521 g/mol. The Morgan fingerprint density at radius 3 is 2.16 bits per heavy atom. The van der Waals surface area contributed by atoms with Crippen LogP contribution in [0.3, 0.4) is 0 Å². The van der Waals surface area contributed by atoms with E-state index in [1.807, 2.05) is 63.2 Å². The maximum absolute atomic E-state index is 13.9. The molecule has 1 atom stereocenters. The number of anilines is 1. The number of carbonyl (C=O) groups excluding carboxylic acids is 2. The van der Waals surface area contributed by atoms with Gasteiger partial charge in [-0.1, -0.05) is 67.6 Å². The summed E-state index contributed by atoms with van der Waals surface area (Å²) < 4.78 is 28.8. The molecule has 8 heteroatoms. The van der Waals surface area contributed by atoms with Crippen molar-refractivity contribution in [2.24, 2.45) is 0 Å². The fraction of sp³-hybridized carbons (Fsp3) is 0.310. The minimum Gasteiger partial charge on any atom is -0.354 e. The van der Waals surface area contributed by atoms with Crippen molar-refractivity contribution < 1.29 is 18.0 Å². The van der Waals surface area contributed by atoms with E-state index < -0.39 is 28.5 Å². The quantitative estimate of drug-likeness (QED) is 0.404. The number of benzene rings is 3. The van der Waals surface area contributed by atoms with Gasteiger partial charge in [0.25, 0.3) is 10.0 Å². The molecular formula is C29H35N3O4S. The van der Waals surface area contributed by atoms with Crippen molar-refractivity contribution in [3.05, 3.63) is 95.6 Å². The molecule has 2 amide bonds. The zero-order valence-electron chi connectivity index (χ0n) is 21.8. The predicted molar refractivity (Wildman–Crippen MR) is 147 cm³/mol. The molecule has 3 rings (SSSR count). The fourth-order valence-electron chi connectivity index (χ4n) is 3.98. The molecule has 0 spiro atoms. The Balaban J connectivity index is 2.04. The number of amides is 2. The summed E-state index contributed by atoms with van der Waals surface area (Å²) in [6, 6.07) is 22.1. The molecule has 0 radical (unpaired) electrons. The van der Waals surface area contributed by atoms with Crippen molar-refractivity contribution in [3.8, 4) is 0 Å². The van der Waals surface area contributed by atoms with E-state index in [9.17, 15) is 18.0 Å². The Morgan fingerprint density at radius 2 is 1.54 bits per heavy atom. The summed E-state index contributed by atoms with van der Waals surface area (Å²) in [5.74, 6) is -0.751. The summed E-state index contributed by atoms with van der Waals surface area (Å²) in [7, 11) is -4.07. The van der Waals surface area contributed by atoms with E-state index in [2.05, 4.69) is 5.32 Å². The Kier molecular flexibility index (Phi) is 9.47. The number of carbonyl (C=O) groups is 2. The van der Waals surface area contributed by atoms with E-state index in [1.165, 1.54) is 17.0 Å². The third-order valence-corrected chi connectivity index (χ3v) is 7.93. The molecule has 0 aliphatic carbocycles. The number of sulfonamides is 1. The minimum atomic E-state index is -4.07. The molecule has 0 unspecified atom stereocenters. The van der Waals surface area contributed by atoms with Crippen molar-refractivity contribution in [1.82, 2.24) is 10.2 Å². The molecule has 0 aliphatic rings. The van der Waals surface area contributed by atoms with Crippen LogP contribution in [0.4, 0.5) is 5.69 Å². The number of nitrogens with one attached hydrogen (secondary N) is 1. The molecule has 3 aromatic carbocycles. The highest BCUT2D eigenvalue weighted by molar-refractivity contribution is 7.92. The Hall–Kier alpha value is -3.65. The molecule has 0 saturated heterocycles. The normalized spacial score (nSPS) is 12.0. The van der Waals surface area contributed by atoms with Crippen LogP contribution in [0.1, 0.15) is 37.0 Å². The van der Waals surface area contributed by atoms with Crippen LogP contribution >= 0.6 is 0 Å². The van der Waals surface area contributed by atoms with Gasteiger partial charge in [-0.2, -0.15) is 0 Å². The molecular weight excluding hydrogens is 486 g/mol. The number of hydrogen-bond donors (Lipinski definition) is 1. The second-order valence-electron chi connectivity index (χ2n) is 9.09. The molecule has 1 N–H and O–H groups in total. The van der Waals surface area contributed by atoms with Gasteiger partial charge in [-0.25, -0.2) is 8.42 Å². The van der Waals surface area contributed by atoms with Gasteiger partial charge in [-0.05, 0) is 62.1 Å². The van der Waals surface area contributed by atoms with Gasteiger partial charge in [-0.15, -0.1) is 0 Å². The van der Waals surface area contributed by atoms with Crippen LogP contribution in [0, 0.1) is 13.8 Å². The van der Waals surface area contributed by atoms with Crippen LogP contribution < -0.4 is 9.62 Å². The first-order valence-corrected chi connectivity index (χ1v) is 13.8. The third-order valence-electron chi connectivity index (χ3n) is 6.16. The van der Waals surface area contributed by atoms with E-state index in [1.54, 1.807) is 31.2 Å². The van der Waals surface area contributed by atoms with Gasteiger partial charge in [0.05, 0.1) is 10.6 Å². The van der Waals surface area contributed by atoms with Crippen molar-refractivity contribution in [3.63, 3.8) is 0 Å². The molecule has 0 heterocycles. The molecule has 37 heavy (non-hydrogen) atoms. The molecule has 196 valence electrons. The molecule has 0 saturated carbocycles. The smallest absolute Gasteiger partial charge is 0.264 e. The van der Waals surface area contributed by atoms with E-state index >= 15 is 0 Å². The molecule has 0 fully saturated rings. The van der Waals surface area contributed by atoms with Crippen LogP contribution in [0.25, 0.3) is 0 Å². The van der Waals surface area contributed by atoms with Crippen LogP contribution in [-0.4, -0.2) is 44.3 Å². The summed E-state index contributed by atoms with van der Waals surface area (Å²) in [5, 5.41) is 2.85. The van der Waals surface area contributed by atoms with Crippen LogP contribution in [-0.2, 0) is 26.2 Å².